The van der Waals surface area contributed by atoms with Gasteiger partial charge in [-0.15, -0.1) is 10.2 Å². The normalized spacial score (nSPS) is 12.0. The van der Waals surface area contributed by atoms with Gasteiger partial charge in [0.2, 0.25) is 0 Å². The zero-order valence-corrected chi connectivity index (χ0v) is 11.2. The maximum absolute atomic E-state index is 11.3. The lowest BCUT2D eigenvalue weighted by Crippen LogP contribution is -2.31. The van der Waals surface area contributed by atoms with E-state index in [9.17, 15) is 9.59 Å². The van der Waals surface area contributed by atoms with Gasteiger partial charge in [0.25, 0.3) is 5.91 Å². The smallest absolute Gasteiger partial charge is 0.326 e. The van der Waals surface area contributed by atoms with Crippen molar-refractivity contribution in [1.82, 2.24) is 15.5 Å². The molecule has 1 atom stereocenters. The Labute approximate surface area is 111 Å². The van der Waals surface area contributed by atoms with Crippen LogP contribution in [0, 0.1) is 5.92 Å². The first-order chi connectivity index (χ1) is 8.93. The van der Waals surface area contributed by atoms with E-state index in [-0.39, 0.29) is 17.5 Å². The van der Waals surface area contributed by atoms with Crippen LogP contribution < -0.4 is 10.6 Å². The third kappa shape index (κ3) is 4.53. The second kappa shape index (κ2) is 6.67. The molecule has 7 heteroatoms. The monoisotopic (exact) mass is 266 g/mol. The van der Waals surface area contributed by atoms with E-state index in [0.29, 0.717) is 12.2 Å². The number of aromatic nitrogens is 2. The summed E-state index contributed by atoms with van der Waals surface area (Å²) in [5, 5.41) is 21.8. The predicted molar refractivity (Wildman–Crippen MR) is 69.9 cm³/mol. The summed E-state index contributed by atoms with van der Waals surface area (Å²) < 4.78 is 0. The number of carbonyl (C=O) groups excluding carboxylic acids is 1. The molecule has 0 saturated heterocycles. The topological polar surface area (TPSA) is 104 Å². The van der Waals surface area contributed by atoms with Gasteiger partial charge in [-0.05, 0) is 24.5 Å². The average Bonchev–Trinajstić information content (AvgIpc) is 2.37. The minimum atomic E-state index is -0.939. The molecule has 7 nitrogen and oxygen atoms in total. The SMILES string of the molecule is CNC(=O)c1ccc(NC(CC(C)C)C(=O)O)nn1. The molecule has 3 N–H and O–H groups in total. The Bertz CT molecular complexity index is 445. The molecule has 0 aliphatic heterocycles. The highest BCUT2D eigenvalue weighted by molar-refractivity contribution is 5.91. The molecule has 1 aromatic rings. The molecule has 0 radical (unpaired) electrons. The van der Waals surface area contributed by atoms with Crippen LogP contribution >= 0.6 is 0 Å². The molecule has 1 amide bonds. The quantitative estimate of drug-likeness (QED) is 0.701. The largest absolute Gasteiger partial charge is 0.480 e. The first-order valence-electron chi connectivity index (χ1n) is 5.99. The summed E-state index contributed by atoms with van der Waals surface area (Å²) in [7, 11) is 1.50. The Kier molecular flexibility index (Phi) is 5.23. The lowest BCUT2D eigenvalue weighted by Gasteiger charge is -2.16. The van der Waals surface area contributed by atoms with Gasteiger partial charge < -0.3 is 15.7 Å². The van der Waals surface area contributed by atoms with Crippen molar-refractivity contribution in [3.63, 3.8) is 0 Å². The van der Waals surface area contributed by atoms with Crippen molar-refractivity contribution in [1.29, 1.82) is 0 Å². The van der Waals surface area contributed by atoms with Crippen LogP contribution in [0.4, 0.5) is 5.82 Å². The van der Waals surface area contributed by atoms with Gasteiger partial charge in [-0.25, -0.2) is 4.79 Å². The minimum absolute atomic E-state index is 0.184. The molecule has 0 bridgehead atoms. The molecular weight excluding hydrogens is 248 g/mol. The third-order valence-corrected chi connectivity index (χ3v) is 2.45. The van der Waals surface area contributed by atoms with Gasteiger partial charge >= 0.3 is 5.97 Å². The van der Waals surface area contributed by atoms with Crippen LogP contribution in [0.5, 0.6) is 0 Å². The van der Waals surface area contributed by atoms with Crippen molar-refractivity contribution < 1.29 is 14.7 Å². The molecule has 1 rings (SSSR count). The van der Waals surface area contributed by atoms with Crippen molar-refractivity contribution in [2.45, 2.75) is 26.3 Å². The number of carboxylic acid groups (broad SMARTS) is 1. The number of carboxylic acids is 1. The van der Waals surface area contributed by atoms with Gasteiger partial charge in [-0.3, -0.25) is 4.79 Å². The van der Waals surface area contributed by atoms with Crippen LogP contribution in [-0.4, -0.2) is 40.3 Å². The molecule has 0 aromatic carbocycles. The Hall–Kier alpha value is -2.18. The first-order valence-corrected chi connectivity index (χ1v) is 5.99. The van der Waals surface area contributed by atoms with E-state index in [1.807, 2.05) is 13.8 Å². The van der Waals surface area contributed by atoms with Crippen molar-refractivity contribution in [3.8, 4) is 0 Å². The Balaban J connectivity index is 2.75. The molecular formula is C12H18N4O3. The maximum Gasteiger partial charge on any atom is 0.326 e. The molecule has 19 heavy (non-hydrogen) atoms. The fourth-order valence-corrected chi connectivity index (χ4v) is 1.53. The van der Waals surface area contributed by atoms with Gasteiger partial charge in [0.05, 0.1) is 0 Å². The minimum Gasteiger partial charge on any atom is -0.480 e. The highest BCUT2D eigenvalue weighted by Crippen LogP contribution is 2.11. The van der Waals surface area contributed by atoms with E-state index in [1.165, 1.54) is 19.2 Å². The highest BCUT2D eigenvalue weighted by atomic mass is 16.4. The van der Waals surface area contributed by atoms with Crippen LogP contribution in [0.25, 0.3) is 0 Å². The van der Waals surface area contributed by atoms with Gasteiger partial charge in [-0.2, -0.15) is 0 Å². The summed E-state index contributed by atoms with van der Waals surface area (Å²) >= 11 is 0. The first kappa shape index (κ1) is 14.9. The number of anilines is 1. The molecule has 104 valence electrons. The number of hydrogen-bond donors (Lipinski definition) is 3. The van der Waals surface area contributed by atoms with E-state index >= 15 is 0 Å². The van der Waals surface area contributed by atoms with Gasteiger partial charge in [0.15, 0.2) is 5.69 Å². The Morgan fingerprint density at radius 3 is 2.42 bits per heavy atom. The van der Waals surface area contributed by atoms with Crippen molar-refractivity contribution in [2.24, 2.45) is 5.92 Å². The zero-order valence-electron chi connectivity index (χ0n) is 11.2. The summed E-state index contributed by atoms with van der Waals surface area (Å²) in [5.41, 5.74) is 0.184. The number of carbonyl (C=O) groups is 2. The molecule has 0 fully saturated rings. The van der Waals surface area contributed by atoms with Crippen LogP contribution in [0.1, 0.15) is 30.8 Å². The van der Waals surface area contributed by atoms with Gasteiger partial charge in [0, 0.05) is 7.05 Å². The molecule has 0 aliphatic rings. The summed E-state index contributed by atoms with van der Waals surface area (Å²) in [4.78, 5) is 22.4. The summed E-state index contributed by atoms with van der Waals surface area (Å²) in [6.07, 6.45) is 0.480. The van der Waals surface area contributed by atoms with Crippen LogP contribution in [-0.2, 0) is 4.79 Å². The summed E-state index contributed by atoms with van der Waals surface area (Å²) in [5.74, 6) is -0.700. The van der Waals surface area contributed by atoms with E-state index < -0.39 is 12.0 Å². The maximum atomic E-state index is 11.3. The molecule has 1 unspecified atom stereocenters. The third-order valence-electron chi connectivity index (χ3n) is 2.45. The van der Waals surface area contributed by atoms with Crippen molar-refractivity contribution in [2.75, 3.05) is 12.4 Å². The molecule has 0 spiro atoms. The van der Waals surface area contributed by atoms with Gasteiger partial charge in [0.1, 0.15) is 11.9 Å². The molecule has 0 saturated carbocycles. The lowest BCUT2D eigenvalue weighted by atomic mass is 10.0. The number of aliphatic carboxylic acids is 1. The van der Waals surface area contributed by atoms with Crippen molar-refractivity contribution >= 4 is 17.7 Å². The summed E-state index contributed by atoms with van der Waals surface area (Å²) in [6.45, 7) is 3.88. The molecule has 1 aromatic heterocycles. The number of nitrogens with one attached hydrogen (secondary N) is 2. The van der Waals surface area contributed by atoms with Crippen molar-refractivity contribution in [3.05, 3.63) is 17.8 Å². The highest BCUT2D eigenvalue weighted by Gasteiger charge is 2.19. The fraction of sp³-hybridized carbons (Fsp3) is 0.500. The van der Waals surface area contributed by atoms with E-state index in [1.54, 1.807) is 0 Å². The Morgan fingerprint density at radius 2 is 2.00 bits per heavy atom. The average molecular weight is 266 g/mol. The predicted octanol–water partition coefficient (Wildman–Crippen LogP) is 0.747. The number of nitrogens with zero attached hydrogens (tertiary/aromatic N) is 2. The zero-order chi connectivity index (χ0) is 14.4. The molecule has 0 aliphatic carbocycles. The van der Waals surface area contributed by atoms with E-state index in [2.05, 4.69) is 20.8 Å². The van der Waals surface area contributed by atoms with E-state index in [4.69, 9.17) is 5.11 Å². The van der Waals surface area contributed by atoms with Crippen LogP contribution in [0.3, 0.4) is 0 Å². The van der Waals surface area contributed by atoms with Gasteiger partial charge in [-0.1, -0.05) is 13.8 Å². The lowest BCUT2D eigenvalue weighted by molar-refractivity contribution is -0.138. The number of rotatable bonds is 6. The molecule has 1 heterocycles. The fourth-order valence-electron chi connectivity index (χ4n) is 1.53. The standard InChI is InChI=1S/C12H18N4O3/c1-7(2)6-9(12(18)19)14-10-5-4-8(15-16-10)11(17)13-3/h4-5,7,9H,6H2,1-3H3,(H,13,17)(H,14,16)(H,18,19). The second-order valence-electron chi connectivity index (χ2n) is 4.55. The van der Waals surface area contributed by atoms with Crippen LogP contribution in [0.15, 0.2) is 12.1 Å². The van der Waals surface area contributed by atoms with Crippen LogP contribution in [0.2, 0.25) is 0 Å². The number of hydrogen-bond acceptors (Lipinski definition) is 5. The van der Waals surface area contributed by atoms with E-state index in [0.717, 1.165) is 0 Å². The summed E-state index contributed by atoms with van der Waals surface area (Å²) in [6, 6.07) is 2.30. The second-order valence-corrected chi connectivity index (χ2v) is 4.55. The Morgan fingerprint density at radius 1 is 1.32 bits per heavy atom. The number of amides is 1.